The molecule has 0 radical (unpaired) electrons. The molecule has 5 nitrogen and oxygen atoms in total. The van der Waals surface area contributed by atoms with Crippen LogP contribution in [0.1, 0.15) is 18.4 Å². The Hall–Kier alpha value is -1.40. The molecular formula is C16H23BrN3O2+. The Kier molecular flexibility index (Phi) is 5.97. The van der Waals surface area contributed by atoms with Crippen LogP contribution < -0.4 is 10.6 Å². The largest absolute Gasteiger partial charge is 0.369 e. The molecule has 2 rings (SSSR count). The smallest absolute Gasteiger partial charge is 0.277 e. The number of likely N-dealkylation sites (N-methyl/N-ethyl adjacent to an activating group) is 1. The molecule has 1 aliphatic rings. The fourth-order valence-electron chi connectivity index (χ4n) is 2.81. The highest BCUT2D eigenvalue weighted by Crippen LogP contribution is 2.17. The van der Waals surface area contributed by atoms with E-state index in [1.807, 2.05) is 31.3 Å². The number of hydrogen-bond acceptors (Lipinski definition) is 2. The second kappa shape index (κ2) is 7.74. The Labute approximate surface area is 139 Å². The Morgan fingerprint density at radius 3 is 2.55 bits per heavy atom. The standard InChI is InChI=1S/C16H22BrN3O2/c1-19(10-13-4-2-3-5-14(13)17)15(21)11-20-8-6-12(7-9-20)16(18)22/h2-5,12H,6-11H2,1H3,(H2,18,22)/p+1. The number of quaternary nitrogens is 1. The van der Waals surface area contributed by atoms with Gasteiger partial charge in [0.25, 0.3) is 5.91 Å². The van der Waals surface area contributed by atoms with Crippen LogP contribution in [0.3, 0.4) is 0 Å². The lowest BCUT2D eigenvalue weighted by atomic mass is 9.96. The summed E-state index contributed by atoms with van der Waals surface area (Å²) in [7, 11) is 1.83. The molecular weight excluding hydrogens is 346 g/mol. The molecule has 6 heteroatoms. The molecule has 0 unspecified atom stereocenters. The summed E-state index contributed by atoms with van der Waals surface area (Å²) < 4.78 is 1.02. The molecule has 1 saturated heterocycles. The third-order valence-electron chi connectivity index (χ3n) is 4.29. The molecule has 0 spiro atoms. The number of hydrogen-bond donors (Lipinski definition) is 2. The zero-order valence-electron chi connectivity index (χ0n) is 12.8. The number of likely N-dealkylation sites (tertiary alicyclic amines) is 1. The van der Waals surface area contributed by atoms with Crippen LogP contribution in [0.5, 0.6) is 0 Å². The Morgan fingerprint density at radius 2 is 1.95 bits per heavy atom. The third-order valence-corrected chi connectivity index (χ3v) is 5.06. The van der Waals surface area contributed by atoms with Gasteiger partial charge in [-0.1, -0.05) is 34.1 Å². The van der Waals surface area contributed by atoms with Gasteiger partial charge in [0, 0.05) is 36.8 Å². The van der Waals surface area contributed by atoms with Crippen LogP contribution >= 0.6 is 15.9 Å². The van der Waals surface area contributed by atoms with Crippen LogP contribution in [-0.4, -0.2) is 43.4 Å². The van der Waals surface area contributed by atoms with Crippen molar-refractivity contribution in [3.63, 3.8) is 0 Å². The second-order valence-corrected chi connectivity index (χ2v) is 6.80. The number of benzene rings is 1. The van der Waals surface area contributed by atoms with Crippen molar-refractivity contribution < 1.29 is 14.5 Å². The molecule has 1 aromatic carbocycles. The molecule has 120 valence electrons. The van der Waals surface area contributed by atoms with E-state index in [2.05, 4.69) is 15.9 Å². The van der Waals surface area contributed by atoms with Crippen molar-refractivity contribution >= 4 is 27.7 Å². The highest BCUT2D eigenvalue weighted by Gasteiger charge is 2.27. The summed E-state index contributed by atoms with van der Waals surface area (Å²) in [6.07, 6.45) is 1.57. The number of rotatable bonds is 5. The van der Waals surface area contributed by atoms with Crippen molar-refractivity contribution in [2.24, 2.45) is 11.7 Å². The van der Waals surface area contributed by atoms with E-state index in [4.69, 9.17) is 5.73 Å². The molecule has 0 saturated carbocycles. The van der Waals surface area contributed by atoms with Gasteiger partial charge in [0.05, 0.1) is 13.1 Å². The average molecular weight is 369 g/mol. The van der Waals surface area contributed by atoms with E-state index in [1.54, 1.807) is 4.90 Å². The number of primary amides is 1. The third kappa shape index (κ3) is 4.55. The summed E-state index contributed by atoms with van der Waals surface area (Å²) in [5.74, 6) is -0.100. The fraction of sp³-hybridized carbons (Fsp3) is 0.500. The maximum Gasteiger partial charge on any atom is 0.277 e. The van der Waals surface area contributed by atoms with Gasteiger partial charge in [-0.2, -0.15) is 0 Å². The molecule has 1 fully saturated rings. The highest BCUT2D eigenvalue weighted by molar-refractivity contribution is 9.10. The van der Waals surface area contributed by atoms with Crippen molar-refractivity contribution in [3.05, 3.63) is 34.3 Å². The van der Waals surface area contributed by atoms with E-state index in [0.29, 0.717) is 13.1 Å². The lowest BCUT2D eigenvalue weighted by Crippen LogP contribution is -3.14. The first-order chi connectivity index (χ1) is 10.5. The van der Waals surface area contributed by atoms with Crippen LogP contribution in [0.15, 0.2) is 28.7 Å². The minimum Gasteiger partial charge on any atom is -0.369 e. The van der Waals surface area contributed by atoms with Crippen LogP contribution in [0.2, 0.25) is 0 Å². The Balaban J connectivity index is 1.82. The maximum atomic E-state index is 12.3. The molecule has 3 N–H and O–H groups in total. The summed E-state index contributed by atoms with van der Waals surface area (Å²) in [6.45, 7) is 2.74. The lowest BCUT2D eigenvalue weighted by molar-refractivity contribution is -0.898. The first-order valence-corrected chi connectivity index (χ1v) is 8.37. The van der Waals surface area contributed by atoms with Gasteiger partial charge < -0.3 is 15.5 Å². The van der Waals surface area contributed by atoms with Crippen LogP contribution in [-0.2, 0) is 16.1 Å². The van der Waals surface area contributed by atoms with Gasteiger partial charge in [-0.15, -0.1) is 0 Å². The molecule has 1 heterocycles. The zero-order chi connectivity index (χ0) is 16.1. The minimum atomic E-state index is -0.212. The summed E-state index contributed by atoms with van der Waals surface area (Å²) in [5, 5.41) is 0. The summed E-state index contributed by atoms with van der Waals surface area (Å²) >= 11 is 3.51. The molecule has 1 aliphatic heterocycles. The quantitative estimate of drug-likeness (QED) is 0.778. The minimum absolute atomic E-state index is 0.0168. The number of nitrogens with zero attached hydrogens (tertiary/aromatic N) is 1. The topological polar surface area (TPSA) is 67.8 Å². The van der Waals surface area contributed by atoms with Gasteiger partial charge >= 0.3 is 0 Å². The number of amides is 2. The monoisotopic (exact) mass is 368 g/mol. The molecule has 0 atom stereocenters. The predicted octanol–water partition coefficient (Wildman–Crippen LogP) is 0.188. The predicted molar refractivity (Wildman–Crippen MR) is 88.1 cm³/mol. The SMILES string of the molecule is CN(Cc1ccccc1Br)C(=O)C[NH+]1CCC(C(N)=O)CC1. The normalized spacial score (nSPS) is 21.4. The number of nitrogens with one attached hydrogen (secondary N) is 1. The molecule has 1 aromatic rings. The summed E-state index contributed by atoms with van der Waals surface area (Å²) in [4.78, 5) is 26.5. The van der Waals surface area contributed by atoms with Crippen molar-refractivity contribution in [2.45, 2.75) is 19.4 Å². The Bertz CT molecular complexity index is 542. The fourth-order valence-corrected chi connectivity index (χ4v) is 3.22. The average Bonchev–Trinajstić information content (AvgIpc) is 2.50. The van der Waals surface area contributed by atoms with Crippen molar-refractivity contribution in [3.8, 4) is 0 Å². The van der Waals surface area contributed by atoms with Gasteiger partial charge in [0.15, 0.2) is 6.54 Å². The number of piperidine rings is 1. The van der Waals surface area contributed by atoms with E-state index in [-0.39, 0.29) is 17.7 Å². The molecule has 0 aliphatic carbocycles. The van der Waals surface area contributed by atoms with E-state index in [1.165, 1.54) is 4.90 Å². The second-order valence-electron chi connectivity index (χ2n) is 5.94. The first-order valence-electron chi connectivity index (χ1n) is 7.57. The van der Waals surface area contributed by atoms with Crippen molar-refractivity contribution in [2.75, 3.05) is 26.7 Å². The van der Waals surface area contributed by atoms with E-state index >= 15 is 0 Å². The number of carbonyl (C=O) groups is 2. The van der Waals surface area contributed by atoms with E-state index in [9.17, 15) is 9.59 Å². The number of nitrogens with two attached hydrogens (primary N) is 1. The van der Waals surface area contributed by atoms with Crippen molar-refractivity contribution in [1.82, 2.24) is 4.90 Å². The van der Waals surface area contributed by atoms with Gasteiger partial charge in [0.1, 0.15) is 0 Å². The van der Waals surface area contributed by atoms with Crippen LogP contribution in [0.25, 0.3) is 0 Å². The number of carbonyl (C=O) groups excluding carboxylic acids is 2. The Morgan fingerprint density at radius 1 is 1.32 bits per heavy atom. The summed E-state index contributed by atoms with van der Waals surface area (Å²) in [5.41, 5.74) is 6.43. The molecule has 22 heavy (non-hydrogen) atoms. The van der Waals surface area contributed by atoms with Gasteiger partial charge in [-0.05, 0) is 11.6 Å². The van der Waals surface area contributed by atoms with Gasteiger partial charge in [0.2, 0.25) is 5.91 Å². The molecule has 0 aromatic heterocycles. The number of halogens is 1. The zero-order valence-corrected chi connectivity index (χ0v) is 14.4. The van der Waals surface area contributed by atoms with Crippen LogP contribution in [0, 0.1) is 5.92 Å². The maximum absolute atomic E-state index is 12.3. The van der Waals surface area contributed by atoms with Crippen LogP contribution in [0.4, 0.5) is 0 Å². The van der Waals surface area contributed by atoms with Gasteiger partial charge in [-0.25, -0.2) is 0 Å². The molecule has 2 amide bonds. The first kappa shape index (κ1) is 17.0. The highest BCUT2D eigenvalue weighted by atomic mass is 79.9. The van der Waals surface area contributed by atoms with E-state index < -0.39 is 0 Å². The summed E-state index contributed by atoms with van der Waals surface area (Å²) in [6, 6.07) is 7.92. The lowest BCUT2D eigenvalue weighted by Gasteiger charge is -2.28. The van der Waals surface area contributed by atoms with E-state index in [0.717, 1.165) is 36.0 Å². The van der Waals surface area contributed by atoms with Crippen molar-refractivity contribution in [1.29, 1.82) is 0 Å². The molecule has 0 bridgehead atoms. The van der Waals surface area contributed by atoms with Gasteiger partial charge in [-0.3, -0.25) is 9.59 Å².